The van der Waals surface area contributed by atoms with Crippen molar-refractivity contribution in [1.82, 2.24) is 19.4 Å². The number of aromatic carboxylic acids is 1. The largest absolute Gasteiger partial charge is 0.478 e. The van der Waals surface area contributed by atoms with Crippen molar-refractivity contribution >= 4 is 34.4 Å². The van der Waals surface area contributed by atoms with E-state index in [0.29, 0.717) is 41.4 Å². The van der Waals surface area contributed by atoms with Crippen molar-refractivity contribution < 1.29 is 19.4 Å². The number of para-hydroxylation sites is 1. The summed E-state index contributed by atoms with van der Waals surface area (Å²) in [5, 5.41) is 10.8. The van der Waals surface area contributed by atoms with Crippen LogP contribution in [0.4, 0.5) is 0 Å². The number of hydrogen-bond acceptors (Lipinski definition) is 5. The molecule has 1 fully saturated rings. The van der Waals surface area contributed by atoms with Gasteiger partial charge in [0.2, 0.25) is 0 Å². The molecule has 2 aromatic carbocycles. The van der Waals surface area contributed by atoms with Gasteiger partial charge in [-0.1, -0.05) is 54.1 Å². The lowest BCUT2D eigenvalue weighted by Gasteiger charge is -2.40. The van der Waals surface area contributed by atoms with Crippen molar-refractivity contribution in [2.75, 3.05) is 32.8 Å². The quantitative estimate of drug-likeness (QED) is 0.414. The highest BCUT2D eigenvalue weighted by Crippen LogP contribution is 2.31. The molecular weight excluding hydrogens is 504 g/mol. The SMILES string of the molecule is O=C(O)c1cn(-c2cc(Cl)cnc2C(=O)N2Cc3ccccc3CC2CN2CCOCC2)c2ccccc12. The Balaban J connectivity index is 1.43. The lowest BCUT2D eigenvalue weighted by molar-refractivity contribution is 0.0191. The summed E-state index contributed by atoms with van der Waals surface area (Å²) < 4.78 is 7.24. The number of benzene rings is 2. The Labute approximate surface area is 225 Å². The summed E-state index contributed by atoms with van der Waals surface area (Å²) in [7, 11) is 0. The molecule has 1 amide bonds. The van der Waals surface area contributed by atoms with Crippen LogP contribution in [0.25, 0.3) is 16.6 Å². The first-order valence-corrected chi connectivity index (χ1v) is 13.0. The average molecular weight is 531 g/mol. The number of carbonyl (C=O) groups excluding carboxylic acids is 1. The van der Waals surface area contributed by atoms with E-state index in [0.717, 1.165) is 31.6 Å². The minimum Gasteiger partial charge on any atom is -0.478 e. The summed E-state index contributed by atoms with van der Waals surface area (Å²) in [6.07, 6.45) is 3.75. The van der Waals surface area contributed by atoms with Gasteiger partial charge in [0.1, 0.15) is 0 Å². The van der Waals surface area contributed by atoms with Crippen LogP contribution in [0.15, 0.2) is 67.0 Å². The Morgan fingerprint density at radius 2 is 1.79 bits per heavy atom. The number of morpholine rings is 1. The zero-order chi connectivity index (χ0) is 26.2. The minimum atomic E-state index is -1.04. The van der Waals surface area contributed by atoms with Crippen LogP contribution in [-0.4, -0.2) is 75.2 Å². The zero-order valence-corrected chi connectivity index (χ0v) is 21.5. The lowest BCUT2D eigenvalue weighted by atomic mass is 9.93. The fourth-order valence-corrected chi connectivity index (χ4v) is 5.68. The van der Waals surface area contributed by atoms with Crippen molar-refractivity contribution in [1.29, 1.82) is 0 Å². The van der Waals surface area contributed by atoms with Crippen LogP contribution in [0.5, 0.6) is 0 Å². The van der Waals surface area contributed by atoms with Crippen LogP contribution in [0.1, 0.15) is 32.0 Å². The molecule has 9 heteroatoms. The van der Waals surface area contributed by atoms with Gasteiger partial charge in [0, 0.05) is 50.0 Å². The molecule has 6 rings (SSSR count). The highest BCUT2D eigenvalue weighted by molar-refractivity contribution is 6.30. The molecule has 0 saturated carbocycles. The smallest absolute Gasteiger partial charge is 0.337 e. The summed E-state index contributed by atoms with van der Waals surface area (Å²) in [6, 6.07) is 17.1. The maximum Gasteiger partial charge on any atom is 0.337 e. The Morgan fingerprint density at radius 1 is 1.05 bits per heavy atom. The van der Waals surface area contributed by atoms with Crippen molar-refractivity contribution in [2.45, 2.75) is 19.0 Å². The fraction of sp³-hybridized carbons (Fsp3) is 0.276. The third-order valence-electron chi connectivity index (χ3n) is 7.43. The molecule has 2 aliphatic heterocycles. The van der Waals surface area contributed by atoms with Crippen molar-refractivity contribution in [3.05, 3.63) is 94.4 Å². The summed E-state index contributed by atoms with van der Waals surface area (Å²) in [5.41, 5.74) is 3.87. The van der Waals surface area contributed by atoms with E-state index in [1.165, 1.54) is 18.0 Å². The third kappa shape index (κ3) is 4.55. The molecular formula is C29H27ClN4O4. The summed E-state index contributed by atoms with van der Waals surface area (Å²) >= 11 is 6.37. The van der Waals surface area contributed by atoms with Crippen LogP contribution < -0.4 is 0 Å². The standard InChI is InChI=1S/C29H27ClN4O4/c30-21-14-26(34-18-24(29(36)37)23-7-3-4-8-25(23)34)27(31-15-21)28(35)33-16-20-6-2-1-5-19(20)13-22(33)17-32-9-11-38-12-10-32/h1-8,14-15,18,22H,9-13,16-17H2,(H,36,37). The Morgan fingerprint density at radius 3 is 2.58 bits per heavy atom. The van der Waals surface area contributed by atoms with Gasteiger partial charge in [-0.15, -0.1) is 0 Å². The molecule has 1 saturated heterocycles. The van der Waals surface area contributed by atoms with Crippen LogP contribution in [-0.2, 0) is 17.7 Å². The van der Waals surface area contributed by atoms with Gasteiger partial charge < -0.3 is 19.3 Å². The number of carboxylic acids is 1. The molecule has 0 spiro atoms. The van der Waals surface area contributed by atoms with Gasteiger partial charge in [0.25, 0.3) is 5.91 Å². The van der Waals surface area contributed by atoms with Crippen LogP contribution in [0.3, 0.4) is 0 Å². The van der Waals surface area contributed by atoms with Crippen LogP contribution in [0.2, 0.25) is 5.02 Å². The van der Waals surface area contributed by atoms with Crippen molar-refractivity contribution in [3.8, 4) is 5.69 Å². The number of ether oxygens (including phenoxy) is 1. The molecule has 0 bridgehead atoms. The van der Waals surface area contributed by atoms with Gasteiger partial charge in [-0.25, -0.2) is 9.78 Å². The number of carbonyl (C=O) groups is 2. The lowest BCUT2D eigenvalue weighted by Crippen LogP contribution is -2.52. The summed E-state index contributed by atoms with van der Waals surface area (Å²) in [6.45, 7) is 4.25. The number of hydrogen-bond donors (Lipinski definition) is 1. The van der Waals surface area contributed by atoms with E-state index in [-0.39, 0.29) is 23.2 Å². The molecule has 1 atom stereocenters. The van der Waals surface area contributed by atoms with Gasteiger partial charge in [-0.2, -0.15) is 0 Å². The van der Waals surface area contributed by atoms with Crippen LogP contribution in [0, 0.1) is 0 Å². The zero-order valence-electron chi connectivity index (χ0n) is 20.7. The predicted molar refractivity (Wildman–Crippen MR) is 144 cm³/mol. The van der Waals surface area contributed by atoms with Crippen molar-refractivity contribution in [2.24, 2.45) is 0 Å². The second-order valence-electron chi connectivity index (χ2n) is 9.73. The molecule has 2 aliphatic rings. The molecule has 8 nitrogen and oxygen atoms in total. The molecule has 0 radical (unpaired) electrons. The summed E-state index contributed by atoms with van der Waals surface area (Å²) in [5.74, 6) is -1.25. The number of halogens is 1. The number of carboxylic acid groups (broad SMARTS) is 1. The number of aromatic nitrogens is 2. The first kappa shape index (κ1) is 24.6. The fourth-order valence-electron chi connectivity index (χ4n) is 5.53. The Bertz CT molecular complexity index is 1530. The second-order valence-corrected chi connectivity index (χ2v) is 10.2. The van der Waals surface area contributed by atoms with E-state index < -0.39 is 5.97 Å². The maximum atomic E-state index is 14.3. The monoisotopic (exact) mass is 530 g/mol. The molecule has 1 unspecified atom stereocenters. The maximum absolute atomic E-state index is 14.3. The van der Waals surface area contributed by atoms with Crippen molar-refractivity contribution in [3.63, 3.8) is 0 Å². The summed E-state index contributed by atoms with van der Waals surface area (Å²) in [4.78, 5) is 35.0. The number of amides is 1. The van der Waals surface area contributed by atoms with E-state index in [4.69, 9.17) is 16.3 Å². The predicted octanol–water partition coefficient (Wildman–Crippen LogP) is 4.28. The van der Waals surface area contributed by atoms with E-state index in [2.05, 4.69) is 22.0 Å². The first-order valence-electron chi connectivity index (χ1n) is 12.7. The van der Waals surface area contributed by atoms with Crippen LogP contribution >= 0.6 is 11.6 Å². The highest BCUT2D eigenvalue weighted by Gasteiger charge is 2.34. The van der Waals surface area contributed by atoms with E-state index in [1.54, 1.807) is 22.8 Å². The Kier molecular flexibility index (Phi) is 6.61. The first-order chi connectivity index (χ1) is 18.5. The number of fused-ring (bicyclic) bond motifs is 2. The van der Waals surface area contributed by atoms with Gasteiger partial charge in [0.15, 0.2) is 5.69 Å². The number of nitrogens with zero attached hydrogens (tertiary/aromatic N) is 4. The normalized spacial score (nSPS) is 17.9. The molecule has 4 heterocycles. The molecule has 194 valence electrons. The molecule has 4 aromatic rings. The molecule has 2 aromatic heterocycles. The highest BCUT2D eigenvalue weighted by atomic mass is 35.5. The molecule has 38 heavy (non-hydrogen) atoms. The van der Waals surface area contributed by atoms with Gasteiger partial charge in [-0.3, -0.25) is 9.69 Å². The topological polar surface area (TPSA) is 87.9 Å². The third-order valence-corrected chi connectivity index (χ3v) is 7.63. The molecule has 1 N–H and O–H groups in total. The number of rotatable bonds is 5. The second kappa shape index (κ2) is 10.2. The molecule has 0 aliphatic carbocycles. The van der Waals surface area contributed by atoms with E-state index in [1.807, 2.05) is 29.2 Å². The minimum absolute atomic E-state index is 0.0446. The van der Waals surface area contributed by atoms with E-state index >= 15 is 0 Å². The average Bonchev–Trinajstić information content (AvgIpc) is 3.33. The number of pyridine rings is 1. The van der Waals surface area contributed by atoms with Gasteiger partial charge in [0.05, 0.1) is 35.0 Å². The van der Waals surface area contributed by atoms with Gasteiger partial charge >= 0.3 is 5.97 Å². The van der Waals surface area contributed by atoms with Gasteiger partial charge in [-0.05, 0) is 29.7 Å². The van der Waals surface area contributed by atoms with E-state index in [9.17, 15) is 14.7 Å². The Hall–Kier alpha value is -3.72.